The molecule has 0 aliphatic heterocycles. The summed E-state index contributed by atoms with van der Waals surface area (Å²) in [6.45, 7) is -0.0162. The van der Waals surface area contributed by atoms with E-state index < -0.39 is 15.8 Å². The fourth-order valence-corrected chi connectivity index (χ4v) is 3.20. The molecular weight excluding hydrogens is 345 g/mol. The first kappa shape index (κ1) is 17.5. The molecule has 0 aliphatic rings. The summed E-state index contributed by atoms with van der Waals surface area (Å²) >= 11 is 5.62. The Bertz CT molecular complexity index is 811. The lowest BCUT2D eigenvalue weighted by molar-refractivity contribution is 0.398. The van der Waals surface area contributed by atoms with Crippen LogP contribution < -0.4 is 14.2 Å². The number of benzene rings is 2. The molecule has 5 nitrogen and oxygen atoms in total. The number of nitrogens with one attached hydrogen (secondary N) is 1. The molecule has 0 amide bonds. The Morgan fingerprint density at radius 1 is 1.13 bits per heavy atom. The zero-order chi connectivity index (χ0) is 17.0. The predicted molar refractivity (Wildman–Crippen MR) is 85.0 cm³/mol. The van der Waals surface area contributed by atoms with Crippen LogP contribution in [0.3, 0.4) is 0 Å². The molecule has 124 valence electrons. The Kier molecular flexibility index (Phi) is 5.46. The molecule has 0 saturated heterocycles. The lowest BCUT2D eigenvalue weighted by Crippen LogP contribution is -2.23. The van der Waals surface area contributed by atoms with E-state index in [1.54, 1.807) is 18.2 Å². The van der Waals surface area contributed by atoms with Gasteiger partial charge in [0, 0.05) is 12.1 Å². The van der Waals surface area contributed by atoms with Crippen LogP contribution in [0.4, 0.5) is 4.39 Å². The average Bonchev–Trinajstić information content (AvgIpc) is 2.55. The van der Waals surface area contributed by atoms with Crippen LogP contribution >= 0.6 is 11.6 Å². The molecule has 2 aromatic rings. The fourth-order valence-electron chi connectivity index (χ4n) is 1.92. The number of methoxy groups -OCH3 is 2. The smallest absolute Gasteiger partial charge is 0.240 e. The summed E-state index contributed by atoms with van der Waals surface area (Å²) < 4.78 is 50.4. The molecule has 1 N–H and O–H groups in total. The van der Waals surface area contributed by atoms with Gasteiger partial charge in [-0.3, -0.25) is 0 Å². The van der Waals surface area contributed by atoms with Gasteiger partial charge in [0.1, 0.15) is 17.3 Å². The van der Waals surface area contributed by atoms with Gasteiger partial charge < -0.3 is 9.47 Å². The summed E-state index contributed by atoms with van der Waals surface area (Å²) in [5.41, 5.74) is 0.601. The van der Waals surface area contributed by atoms with E-state index in [1.165, 1.54) is 14.2 Å². The van der Waals surface area contributed by atoms with Crippen LogP contribution in [0.5, 0.6) is 11.5 Å². The van der Waals surface area contributed by atoms with Gasteiger partial charge in [-0.1, -0.05) is 11.6 Å². The van der Waals surface area contributed by atoms with E-state index in [2.05, 4.69) is 4.72 Å². The highest BCUT2D eigenvalue weighted by Gasteiger charge is 2.17. The van der Waals surface area contributed by atoms with Crippen molar-refractivity contribution in [2.24, 2.45) is 0 Å². The molecule has 0 unspecified atom stereocenters. The molecule has 2 aromatic carbocycles. The second-order valence-electron chi connectivity index (χ2n) is 4.58. The molecule has 0 saturated carbocycles. The topological polar surface area (TPSA) is 64.6 Å². The second kappa shape index (κ2) is 7.16. The lowest BCUT2D eigenvalue weighted by Gasteiger charge is -2.12. The Balaban J connectivity index is 2.23. The Labute approximate surface area is 139 Å². The molecular formula is C15H15ClFNO4S. The summed E-state index contributed by atoms with van der Waals surface area (Å²) in [7, 11) is -0.844. The molecule has 0 aromatic heterocycles. The molecule has 23 heavy (non-hydrogen) atoms. The van der Waals surface area contributed by atoms with Gasteiger partial charge in [0.05, 0.1) is 24.1 Å². The van der Waals surface area contributed by atoms with Gasteiger partial charge >= 0.3 is 0 Å². The van der Waals surface area contributed by atoms with Crippen molar-refractivity contribution in [1.29, 1.82) is 0 Å². The predicted octanol–water partition coefficient (Wildman–Crippen LogP) is 2.97. The zero-order valence-corrected chi connectivity index (χ0v) is 14.0. The lowest BCUT2D eigenvalue weighted by atomic mass is 10.2. The maximum absolute atomic E-state index is 13.1. The van der Waals surface area contributed by atoms with Crippen molar-refractivity contribution in [2.75, 3.05) is 14.2 Å². The first-order chi connectivity index (χ1) is 10.9. The van der Waals surface area contributed by atoms with Crippen molar-refractivity contribution in [1.82, 2.24) is 4.72 Å². The Morgan fingerprint density at radius 2 is 1.87 bits per heavy atom. The molecule has 0 spiro atoms. The number of hydrogen-bond acceptors (Lipinski definition) is 4. The van der Waals surface area contributed by atoms with E-state index in [1.807, 2.05) is 0 Å². The van der Waals surface area contributed by atoms with Gasteiger partial charge in [-0.05, 0) is 36.4 Å². The van der Waals surface area contributed by atoms with Crippen molar-refractivity contribution in [3.63, 3.8) is 0 Å². The van der Waals surface area contributed by atoms with Crippen molar-refractivity contribution in [2.45, 2.75) is 11.4 Å². The first-order valence-electron chi connectivity index (χ1n) is 6.53. The summed E-state index contributed by atoms with van der Waals surface area (Å²) in [5, 5.41) is -0.258. The van der Waals surface area contributed by atoms with Crippen LogP contribution in [0.2, 0.25) is 5.02 Å². The van der Waals surface area contributed by atoms with Crippen LogP contribution in [-0.2, 0) is 16.6 Å². The average molecular weight is 360 g/mol. The summed E-state index contributed by atoms with van der Waals surface area (Å²) in [4.78, 5) is -0.120. The highest BCUT2D eigenvalue weighted by molar-refractivity contribution is 7.89. The Morgan fingerprint density at radius 3 is 2.48 bits per heavy atom. The zero-order valence-electron chi connectivity index (χ0n) is 12.5. The van der Waals surface area contributed by atoms with Crippen LogP contribution in [0, 0.1) is 5.82 Å². The maximum atomic E-state index is 13.1. The number of sulfonamides is 1. The summed E-state index contributed by atoms with van der Waals surface area (Å²) in [5.74, 6) is 0.413. The third-order valence-electron chi connectivity index (χ3n) is 3.14. The maximum Gasteiger partial charge on any atom is 0.240 e. The molecule has 0 radical (unpaired) electrons. The van der Waals surface area contributed by atoms with Crippen LogP contribution in [0.25, 0.3) is 0 Å². The molecule has 0 atom stereocenters. The van der Waals surface area contributed by atoms with Gasteiger partial charge in [-0.25, -0.2) is 17.5 Å². The van der Waals surface area contributed by atoms with Gasteiger partial charge in [0.15, 0.2) is 0 Å². The van der Waals surface area contributed by atoms with E-state index >= 15 is 0 Å². The fraction of sp³-hybridized carbons (Fsp3) is 0.200. The van der Waals surface area contributed by atoms with Gasteiger partial charge in [-0.2, -0.15) is 0 Å². The van der Waals surface area contributed by atoms with E-state index in [9.17, 15) is 12.8 Å². The van der Waals surface area contributed by atoms with Crippen molar-refractivity contribution < 1.29 is 22.3 Å². The van der Waals surface area contributed by atoms with Crippen molar-refractivity contribution >= 4 is 21.6 Å². The minimum atomic E-state index is -3.84. The third-order valence-corrected chi connectivity index (χ3v) is 4.83. The Hall–Kier alpha value is -1.83. The van der Waals surface area contributed by atoms with Crippen molar-refractivity contribution in [3.05, 3.63) is 52.8 Å². The minimum Gasteiger partial charge on any atom is -0.497 e. The number of ether oxygens (including phenoxy) is 2. The molecule has 0 bridgehead atoms. The normalized spacial score (nSPS) is 11.3. The summed E-state index contributed by atoms with van der Waals surface area (Å²) in [6, 6.07) is 8.25. The van der Waals surface area contributed by atoms with E-state index in [-0.39, 0.29) is 16.5 Å². The van der Waals surface area contributed by atoms with Crippen LogP contribution in [0.1, 0.15) is 5.56 Å². The van der Waals surface area contributed by atoms with Crippen LogP contribution in [-0.4, -0.2) is 22.6 Å². The number of rotatable bonds is 6. The second-order valence-corrected chi connectivity index (χ2v) is 6.75. The minimum absolute atomic E-state index is 0.0162. The van der Waals surface area contributed by atoms with E-state index in [0.717, 1.165) is 18.2 Å². The standard InChI is InChI=1S/C15H15ClFNO4S/c1-21-11-3-6-15(22-2)10(7-11)9-18-23(19,20)12-4-5-14(17)13(16)8-12/h3-8,18H,9H2,1-2H3. The molecule has 0 aliphatic carbocycles. The molecule has 0 heterocycles. The summed E-state index contributed by atoms with van der Waals surface area (Å²) in [6.07, 6.45) is 0. The molecule has 2 rings (SSSR count). The van der Waals surface area contributed by atoms with Gasteiger partial charge in [0.2, 0.25) is 10.0 Å². The highest BCUT2D eigenvalue weighted by Crippen LogP contribution is 2.25. The number of hydrogen-bond donors (Lipinski definition) is 1. The SMILES string of the molecule is COc1ccc(OC)c(CNS(=O)(=O)c2ccc(F)c(Cl)c2)c1. The number of halogens is 2. The molecule has 8 heteroatoms. The van der Waals surface area contributed by atoms with E-state index in [0.29, 0.717) is 17.1 Å². The third kappa shape index (κ3) is 4.13. The van der Waals surface area contributed by atoms with Crippen molar-refractivity contribution in [3.8, 4) is 11.5 Å². The monoisotopic (exact) mass is 359 g/mol. The quantitative estimate of drug-likeness (QED) is 0.861. The van der Waals surface area contributed by atoms with Crippen LogP contribution in [0.15, 0.2) is 41.3 Å². The first-order valence-corrected chi connectivity index (χ1v) is 8.39. The highest BCUT2D eigenvalue weighted by atomic mass is 35.5. The largest absolute Gasteiger partial charge is 0.497 e. The van der Waals surface area contributed by atoms with E-state index in [4.69, 9.17) is 21.1 Å². The molecule has 0 fully saturated rings. The van der Waals surface area contributed by atoms with Gasteiger partial charge in [-0.15, -0.1) is 0 Å². The van der Waals surface area contributed by atoms with Gasteiger partial charge in [0.25, 0.3) is 0 Å².